The molecule has 0 aromatic carbocycles. The van der Waals surface area contributed by atoms with Crippen molar-refractivity contribution in [2.75, 3.05) is 7.11 Å². The number of ether oxygens (including phenoxy) is 1. The molecule has 0 atom stereocenters. The summed E-state index contributed by atoms with van der Waals surface area (Å²) in [6.07, 6.45) is 2.70. The van der Waals surface area contributed by atoms with Crippen molar-refractivity contribution in [3.05, 3.63) is 18.3 Å². The van der Waals surface area contributed by atoms with Crippen LogP contribution in [-0.2, 0) is 0 Å². The molecule has 0 bridgehead atoms. The topological polar surface area (TPSA) is 66.7 Å². The number of pyridine rings is 1. The Morgan fingerprint density at radius 1 is 1.75 bits per heavy atom. The summed E-state index contributed by atoms with van der Waals surface area (Å²) in [7, 11) is 1.56. The maximum atomic E-state index is 8.20. The average molecular weight is 167 g/mol. The van der Waals surface area contributed by atoms with Crippen LogP contribution in [0.25, 0.3) is 0 Å². The Kier molecular flexibility index (Phi) is 3.04. The molecule has 12 heavy (non-hydrogen) atoms. The normalized spacial score (nSPS) is 10.2. The number of aromatic nitrogens is 1. The van der Waals surface area contributed by atoms with Gasteiger partial charge in [-0.15, -0.1) is 0 Å². The minimum Gasteiger partial charge on any atom is -0.497 e. The van der Waals surface area contributed by atoms with Crippen molar-refractivity contribution < 1.29 is 9.94 Å². The Morgan fingerprint density at radius 3 is 3.25 bits per heavy atom. The van der Waals surface area contributed by atoms with Gasteiger partial charge in [-0.3, -0.25) is 10.7 Å². The highest BCUT2D eigenvalue weighted by atomic mass is 16.5. The van der Waals surface area contributed by atoms with Crippen molar-refractivity contribution in [3.8, 4) is 5.75 Å². The summed E-state index contributed by atoms with van der Waals surface area (Å²) in [6, 6.07) is 3.36. The molecule has 0 saturated heterocycles. The lowest BCUT2D eigenvalue weighted by atomic mass is 10.4. The van der Waals surface area contributed by atoms with Crippen molar-refractivity contribution in [1.82, 2.24) is 10.5 Å². The van der Waals surface area contributed by atoms with Crippen molar-refractivity contribution in [1.29, 1.82) is 0 Å². The number of hydrogen-bond acceptors (Lipinski definition) is 4. The summed E-state index contributed by atoms with van der Waals surface area (Å²) in [5.74, 6) is 1.14. The van der Waals surface area contributed by atoms with Gasteiger partial charge >= 0.3 is 0 Å². The van der Waals surface area contributed by atoms with E-state index in [2.05, 4.69) is 9.98 Å². The zero-order chi connectivity index (χ0) is 8.81. The van der Waals surface area contributed by atoms with Gasteiger partial charge in [-0.25, -0.2) is 9.98 Å². The van der Waals surface area contributed by atoms with E-state index in [0.717, 1.165) is 6.34 Å². The predicted molar refractivity (Wildman–Crippen MR) is 43.9 cm³/mol. The molecule has 0 amide bonds. The van der Waals surface area contributed by atoms with Gasteiger partial charge in [0.25, 0.3) is 0 Å². The lowest BCUT2D eigenvalue weighted by molar-refractivity contribution is 0.240. The third-order valence-corrected chi connectivity index (χ3v) is 1.21. The molecule has 0 radical (unpaired) electrons. The van der Waals surface area contributed by atoms with Gasteiger partial charge < -0.3 is 4.74 Å². The van der Waals surface area contributed by atoms with E-state index in [-0.39, 0.29) is 0 Å². The number of methoxy groups -OCH3 is 1. The second-order valence-electron chi connectivity index (χ2n) is 1.94. The molecule has 5 heteroatoms. The van der Waals surface area contributed by atoms with Gasteiger partial charge in [0.1, 0.15) is 12.1 Å². The number of rotatable bonds is 3. The zero-order valence-electron chi connectivity index (χ0n) is 6.56. The molecule has 0 aliphatic rings. The first-order chi connectivity index (χ1) is 5.86. The predicted octanol–water partition coefficient (Wildman–Crippen LogP) is 0.729. The average Bonchev–Trinajstić information content (AvgIpc) is 2.15. The van der Waals surface area contributed by atoms with Crippen molar-refractivity contribution in [2.24, 2.45) is 4.99 Å². The molecule has 1 aromatic rings. The van der Waals surface area contributed by atoms with Crippen LogP contribution in [-0.4, -0.2) is 23.6 Å². The highest BCUT2D eigenvalue weighted by Crippen LogP contribution is 2.15. The van der Waals surface area contributed by atoms with Gasteiger partial charge in [0.2, 0.25) is 0 Å². The Labute approximate surface area is 69.7 Å². The first-order valence-electron chi connectivity index (χ1n) is 3.29. The highest BCUT2D eigenvalue weighted by molar-refractivity contribution is 5.58. The summed E-state index contributed by atoms with van der Waals surface area (Å²) in [5, 5.41) is 8.20. The van der Waals surface area contributed by atoms with Crippen LogP contribution in [0.2, 0.25) is 0 Å². The summed E-state index contributed by atoms with van der Waals surface area (Å²) in [5.41, 5.74) is 1.78. The third-order valence-electron chi connectivity index (χ3n) is 1.21. The minimum atomic E-state index is 0.468. The first-order valence-corrected chi connectivity index (χ1v) is 3.29. The van der Waals surface area contributed by atoms with E-state index in [0.29, 0.717) is 11.6 Å². The molecular weight excluding hydrogens is 158 g/mol. The molecule has 0 unspecified atom stereocenters. The number of hydroxylamine groups is 1. The monoisotopic (exact) mass is 167 g/mol. The van der Waals surface area contributed by atoms with Crippen LogP contribution in [0.15, 0.2) is 23.3 Å². The molecule has 0 aliphatic carbocycles. The first kappa shape index (κ1) is 8.48. The van der Waals surface area contributed by atoms with E-state index in [1.54, 1.807) is 30.9 Å². The van der Waals surface area contributed by atoms with Gasteiger partial charge in [-0.2, -0.15) is 0 Å². The van der Waals surface area contributed by atoms with Crippen LogP contribution < -0.4 is 10.2 Å². The summed E-state index contributed by atoms with van der Waals surface area (Å²) in [4.78, 5) is 7.65. The van der Waals surface area contributed by atoms with Crippen molar-refractivity contribution in [2.45, 2.75) is 0 Å². The molecule has 5 nitrogen and oxygen atoms in total. The quantitative estimate of drug-likeness (QED) is 0.395. The van der Waals surface area contributed by atoms with E-state index in [9.17, 15) is 0 Å². The van der Waals surface area contributed by atoms with Crippen LogP contribution in [0, 0.1) is 0 Å². The maximum absolute atomic E-state index is 8.20. The van der Waals surface area contributed by atoms with Gasteiger partial charge in [-0.05, 0) is 6.07 Å². The Morgan fingerprint density at radius 2 is 2.58 bits per heavy atom. The molecule has 0 fully saturated rings. The summed E-state index contributed by atoms with van der Waals surface area (Å²) < 4.78 is 4.94. The van der Waals surface area contributed by atoms with Crippen molar-refractivity contribution in [3.63, 3.8) is 0 Å². The molecule has 0 saturated carbocycles. The molecule has 0 aliphatic heterocycles. The van der Waals surface area contributed by atoms with Crippen LogP contribution in [0.1, 0.15) is 0 Å². The largest absolute Gasteiger partial charge is 0.497 e. The molecule has 0 spiro atoms. The Hall–Kier alpha value is -1.62. The number of nitrogens with one attached hydrogen (secondary N) is 1. The van der Waals surface area contributed by atoms with Crippen LogP contribution in [0.3, 0.4) is 0 Å². The number of aliphatic imine (C=N–C) groups is 1. The molecule has 1 rings (SSSR count). The SMILES string of the molecule is COc1ccnc(N=CNO)c1. The molecule has 64 valence electrons. The lowest BCUT2D eigenvalue weighted by Crippen LogP contribution is -2.01. The van der Waals surface area contributed by atoms with E-state index in [1.807, 2.05) is 0 Å². The van der Waals surface area contributed by atoms with Crippen LogP contribution in [0.4, 0.5) is 5.82 Å². The van der Waals surface area contributed by atoms with Gasteiger partial charge in [0.05, 0.1) is 7.11 Å². The highest BCUT2D eigenvalue weighted by Gasteiger charge is 1.92. The van der Waals surface area contributed by atoms with Gasteiger partial charge in [-0.1, -0.05) is 0 Å². The smallest absolute Gasteiger partial charge is 0.157 e. The summed E-state index contributed by atoms with van der Waals surface area (Å²) in [6.45, 7) is 0. The number of nitrogens with zero attached hydrogens (tertiary/aromatic N) is 2. The molecule has 1 heterocycles. The van der Waals surface area contributed by atoms with Crippen LogP contribution in [0.5, 0.6) is 5.75 Å². The summed E-state index contributed by atoms with van der Waals surface area (Å²) >= 11 is 0. The fraction of sp³-hybridized carbons (Fsp3) is 0.143. The molecule has 1 aromatic heterocycles. The van der Waals surface area contributed by atoms with E-state index in [1.165, 1.54) is 0 Å². The van der Waals surface area contributed by atoms with Gasteiger partial charge in [0.15, 0.2) is 5.82 Å². The van der Waals surface area contributed by atoms with Crippen molar-refractivity contribution >= 4 is 12.2 Å². The molecule has 2 N–H and O–H groups in total. The second kappa shape index (κ2) is 4.30. The fourth-order valence-electron chi connectivity index (χ4n) is 0.692. The number of hydrogen-bond donors (Lipinski definition) is 2. The fourth-order valence-corrected chi connectivity index (χ4v) is 0.692. The Bertz CT molecular complexity index is 275. The maximum Gasteiger partial charge on any atom is 0.157 e. The van der Waals surface area contributed by atoms with E-state index >= 15 is 0 Å². The zero-order valence-corrected chi connectivity index (χ0v) is 6.56. The standard InChI is InChI=1S/C7H9N3O2/c1-12-6-2-3-8-7(4-6)9-5-10-11/h2-5,11H,1H3,(H,8,9,10). The third kappa shape index (κ3) is 2.21. The molecular formula is C7H9N3O2. The van der Waals surface area contributed by atoms with Gasteiger partial charge in [0, 0.05) is 12.3 Å². The second-order valence-corrected chi connectivity index (χ2v) is 1.94. The van der Waals surface area contributed by atoms with E-state index < -0.39 is 0 Å². The van der Waals surface area contributed by atoms with E-state index in [4.69, 9.17) is 9.94 Å². The Balaban J connectivity index is 2.79. The minimum absolute atomic E-state index is 0.468. The lowest BCUT2D eigenvalue weighted by Gasteiger charge is -1.98. The van der Waals surface area contributed by atoms with Crippen LogP contribution >= 0.6 is 0 Å².